The lowest BCUT2D eigenvalue weighted by Gasteiger charge is -2.32. The number of benzene rings is 1. The molecule has 0 radical (unpaired) electrons. The fourth-order valence-electron chi connectivity index (χ4n) is 4.20. The Morgan fingerprint density at radius 2 is 2.23 bits per heavy atom. The van der Waals surface area contributed by atoms with Gasteiger partial charge in [0.2, 0.25) is 5.91 Å². The van der Waals surface area contributed by atoms with E-state index in [4.69, 9.17) is 11.6 Å². The molecular weight excluding hydrogens is 348 g/mol. The van der Waals surface area contributed by atoms with Gasteiger partial charge in [-0.3, -0.25) is 20.6 Å². The van der Waals surface area contributed by atoms with E-state index in [1.807, 2.05) is 30.3 Å². The minimum absolute atomic E-state index is 0.180. The van der Waals surface area contributed by atoms with E-state index in [9.17, 15) is 4.79 Å². The summed E-state index contributed by atoms with van der Waals surface area (Å²) in [6.07, 6.45) is 5.98. The van der Waals surface area contributed by atoms with Gasteiger partial charge in [0.05, 0.1) is 6.42 Å². The lowest BCUT2D eigenvalue weighted by Crippen LogP contribution is -2.50. The highest BCUT2D eigenvalue weighted by Gasteiger charge is 2.41. The van der Waals surface area contributed by atoms with Crippen molar-refractivity contribution in [2.45, 2.75) is 37.3 Å². The summed E-state index contributed by atoms with van der Waals surface area (Å²) >= 11 is 6.19. The topological polar surface area (TPSA) is 57.3 Å². The van der Waals surface area contributed by atoms with Crippen LogP contribution in [0.1, 0.15) is 29.9 Å². The molecule has 2 aromatic rings. The standard InChI is InChI=1S/C20H23ClN4O/c21-16-6-1-5-15(11-16)17-13-23-24-20(17)18-7-3-9-25(18)19(26)10-14-4-2-8-22-12-14/h1-2,4-6,8,11-12,17-18,20,23-24H,3,7,9-10,13H2. The number of halogens is 1. The summed E-state index contributed by atoms with van der Waals surface area (Å²) in [6, 6.07) is 12.3. The van der Waals surface area contributed by atoms with E-state index in [0.29, 0.717) is 12.3 Å². The van der Waals surface area contributed by atoms with E-state index in [2.05, 4.69) is 26.8 Å². The number of hydrazine groups is 1. The fraction of sp³-hybridized carbons (Fsp3) is 0.400. The molecular formula is C20H23ClN4O. The molecule has 5 nitrogen and oxygen atoms in total. The predicted octanol–water partition coefficient (Wildman–Crippen LogP) is 2.53. The number of rotatable bonds is 4. The van der Waals surface area contributed by atoms with Gasteiger partial charge in [-0.15, -0.1) is 0 Å². The van der Waals surface area contributed by atoms with E-state index in [1.165, 1.54) is 5.56 Å². The van der Waals surface area contributed by atoms with Gasteiger partial charge in [-0.1, -0.05) is 29.8 Å². The van der Waals surface area contributed by atoms with E-state index in [0.717, 1.165) is 36.5 Å². The molecule has 0 bridgehead atoms. The summed E-state index contributed by atoms with van der Waals surface area (Å²) in [5.74, 6) is 0.476. The zero-order valence-corrected chi connectivity index (χ0v) is 15.3. The summed E-state index contributed by atoms with van der Waals surface area (Å²) in [5.41, 5.74) is 8.88. The molecule has 3 atom stereocenters. The van der Waals surface area contributed by atoms with Gasteiger partial charge in [-0.05, 0) is 42.2 Å². The number of carbonyl (C=O) groups is 1. The highest BCUT2D eigenvalue weighted by atomic mass is 35.5. The molecule has 6 heteroatoms. The van der Waals surface area contributed by atoms with Crippen LogP contribution in [0.15, 0.2) is 48.8 Å². The van der Waals surface area contributed by atoms with Gasteiger partial charge >= 0.3 is 0 Å². The lowest BCUT2D eigenvalue weighted by atomic mass is 9.87. The van der Waals surface area contributed by atoms with Crippen LogP contribution in [-0.4, -0.2) is 41.0 Å². The van der Waals surface area contributed by atoms with Crippen molar-refractivity contribution in [1.29, 1.82) is 0 Å². The summed E-state index contributed by atoms with van der Waals surface area (Å²) in [6.45, 7) is 1.66. The van der Waals surface area contributed by atoms with E-state index < -0.39 is 0 Å². The molecule has 2 saturated heterocycles. The van der Waals surface area contributed by atoms with Crippen LogP contribution < -0.4 is 10.9 Å². The quantitative estimate of drug-likeness (QED) is 0.868. The smallest absolute Gasteiger partial charge is 0.227 e. The van der Waals surface area contributed by atoms with Crippen molar-refractivity contribution < 1.29 is 4.79 Å². The third-order valence-corrected chi connectivity index (χ3v) is 5.65. The second-order valence-electron chi connectivity index (χ2n) is 7.05. The lowest BCUT2D eigenvalue weighted by molar-refractivity contribution is -0.131. The molecule has 0 saturated carbocycles. The Hall–Kier alpha value is -1.95. The van der Waals surface area contributed by atoms with Crippen molar-refractivity contribution in [3.8, 4) is 0 Å². The van der Waals surface area contributed by atoms with Gasteiger partial charge < -0.3 is 4.90 Å². The molecule has 2 fully saturated rings. The van der Waals surface area contributed by atoms with Crippen LogP contribution >= 0.6 is 11.6 Å². The Morgan fingerprint density at radius 1 is 1.31 bits per heavy atom. The first-order chi connectivity index (χ1) is 12.7. The van der Waals surface area contributed by atoms with Crippen LogP contribution in [0.4, 0.5) is 0 Å². The Morgan fingerprint density at radius 3 is 3.04 bits per heavy atom. The molecule has 2 aliphatic rings. The number of nitrogens with one attached hydrogen (secondary N) is 2. The van der Waals surface area contributed by atoms with Crippen LogP contribution in [-0.2, 0) is 11.2 Å². The average molecular weight is 371 g/mol. The molecule has 3 heterocycles. The first kappa shape index (κ1) is 17.5. The van der Waals surface area contributed by atoms with Crippen LogP contribution in [0.5, 0.6) is 0 Å². The van der Waals surface area contributed by atoms with E-state index in [-0.39, 0.29) is 18.0 Å². The van der Waals surface area contributed by atoms with Gasteiger partial charge in [0.1, 0.15) is 0 Å². The summed E-state index contributed by atoms with van der Waals surface area (Å²) in [5, 5.41) is 0.754. The van der Waals surface area contributed by atoms with Gasteiger partial charge in [0, 0.05) is 48.5 Å². The van der Waals surface area contributed by atoms with Crippen molar-refractivity contribution >= 4 is 17.5 Å². The predicted molar refractivity (Wildman–Crippen MR) is 102 cm³/mol. The first-order valence-electron chi connectivity index (χ1n) is 9.14. The Labute approximate surface area is 158 Å². The summed E-state index contributed by atoms with van der Waals surface area (Å²) < 4.78 is 0. The maximum absolute atomic E-state index is 12.9. The SMILES string of the molecule is O=C(Cc1cccnc1)N1CCCC1C1NNCC1c1cccc(Cl)c1. The zero-order chi connectivity index (χ0) is 17.9. The third kappa shape index (κ3) is 3.61. The number of hydrogen-bond donors (Lipinski definition) is 2. The number of aromatic nitrogens is 1. The summed E-state index contributed by atoms with van der Waals surface area (Å²) in [7, 11) is 0. The van der Waals surface area contributed by atoms with Gasteiger partial charge in [0.15, 0.2) is 0 Å². The van der Waals surface area contributed by atoms with Crippen molar-refractivity contribution in [2.24, 2.45) is 0 Å². The number of pyridine rings is 1. The van der Waals surface area contributed by atoms with Gasteiger partial charge in [-0.2, -0.15) is 0 Å². The molecule has 3 unspecified atom stereocenters. The fourth-order valence-corrected chi connectivity index (χ4v) is 4.39. The number of nitrogens with zero attached hydrogens (tertiary/aromatic N) is 2. The second kappa shape index (κ2) is 7.74. The molecule has 0 spiro atoms. The normalized spacial score (nSPS) is 25.6. The Balaban J connectivity index is 1.51. The van der Waals surface area contributed by atoms with Crippen LogP contribution in [0, 0.1) is 0 Å². The molecule has 1 amide bonds. The van der Waals surface area contributed by atoms with Crippen molar-refractivity contribution in [2.75, 3.05) is 13.1 Å². The molecule has 4 rings (SSSR count). The maximum atomic E-state index is 12.9. The van der Waals surface area contributed by atoms with Crippen LogP contribution in [0.3, 0.4) is 0 Å². The monoisotopic (exact) mass is 370 g/mol. The van der Waals surface area contributed by atoms with Crippen LogP contribution in [0.25, 0.3) is 0 Å². The van der Waals surface area contributed by atoms with Crippen molar-refractivity contribution in [3.63, 3.8) is 0 Å². The minimum atomic E-state index is 0.180. The summed E-state index contributed by atoms with van der Waals surface area (Å²) in [4.78, 5) is 19.1. The number of amides is 1. The molecule has 1 aromatic heterocycles. The third-order valence-electron chi connectivity index (χ3n) is 5.41. The molecule has 1 aromatic carbocycles. The van der Waals surface area contributed by atoms with Crippen molar-refractivity contribution in [3.05, 3.63) is 64.9 Å². The average Bonchev–Trinajstić information content (AvgIpc) is 3.31. The molecule has 0 aliphatic carbocycles. The number of carbonyl (C=O) groups excluding carboxylic acids is 1. The Kier molecular flexibility index (Phi) is 5.20. The Bertz CT molecular complexity index is 769. The number of likely N-dealkylation sites (tertiary alicyclic amines) is 1. The van der Waals surface area contributed by atoms with Gasteiger partial charge in [0.25, 0.3) is 0 Å². The molecule has 2 aliphatic heterocycles. The highest BCUT2D eigenvalue weighted by molar-refractivity contribution is 6.30. The molecule has 2 N–H and O–H groups in total. The zero-order valence-electron chi connectivity index (χ0n) is 14.6. The largest absolute Gasteiger partial charge is 0.338 e. The highest BCUT2D eigenvalue weighted by Crippen LogP contribution is 2.32. The van der Waals surface area contributed by atoms with Gasteiger partial charge in [-0.25, -0.2) is 0 Å². The first-order valence-corrected chi connectivity index (χ1v) is 9.52. The van der Waals surface area contributed by atoms with E-state index in [1.54, 1.807) is 12.4 Å². The molecule has 136 valence electrons. The number of hydrogen-bond acceptors (Lipinski definition) is 4. The molecule has 26 heavy (non-hydrogen) atoms. The second-order valence-corrected chi connectivity index (χ2v) is 7.48. The minimum Gasteiger partial charge on any atom is -0.338 e. The maximum Gasteiger partial charge on any atom is 0.227 e. The van der Waals surface area contributed by atoms with E-state index >= 15 is 0 Å². The van der Waals surface area contributed by atoms with Crippen LogP contribution in [0.2, 0.25) is 5.02 Å². The van der Waals surface area contributed by atoms with Crippen molar-refractivity contribution in [1.82, 2.24) is 20.7 Å².